The van der Waals surface area contributed by atoms with E-state index < -0.39 is 26.7 Å². The molecule has 0 bridgehead atoms. The zero-order chi connectivity index (χ0) is 15.6. The lowest BCUT2D eigenvalue weighted by molar-refractivity contribution is 0.0696. The van der Waals surface area contributed by atoms with Crippen molar-refractivity contribution in [2.75, 3.05) is 4.72 Å². The number of carbonyl (C=O) groups is 1. The second kappa shape index (κ2) is 5.53. The summed E-state index contributed by atoms with van der Waals surface area (Å²) in [4.78, 5) is 10.1. The SMILES string of the molecule is Cc1cccc(NS(=O)(=O)c2ccc(C(=O)O)cc2F)c1. The molecule has 0 saturated heterocycles. The van der Waals surface area contributed by atoms with Gasteiger partial charge in [0.2, 0.25) is 0 Å². The molecular formula is C14H12FNO4S. The Morgan fingerprint density at radius 3 is 2.48 bits per heavy atom. The van der Waals surface area contributed by atoms with Crippen LogP contribution >= 0.6 is 0 Å². The van der Waals surface area contributed by atoms with Gasteiger partial charge in [0.25, 0.3) is 10.0 Å². The number of aryl methyl sites for hydroxylation is 1. The van der Waals surface area contributed by atoms with Crippen LogP contribution in [0.15, 0.2) is 47.4 Å². The van der Waals surface area contributed by atoms with Crippen LogP contribution < -0.4 is 4.72 Å². The Morgan fingerprint density at radius 2 is 1.90 bits per heavy atom. The Hall–Kier alpha value is -2.41. The van der Waals surface area contributed by atoms with Crippen molar-refractivity contribution in [2.45, 2.75) is 11.8 Å². The van der Waals surface area contributed by atoms with E-state index in [2.05, 4.69) is 4.72 Å². The predicted octanol–water partition coefficient (Wildman–Crippen LogP) is 2.63. The molecule has 5 nitrogen and oxygen atoms in total. The molecule has 0 saturated carbocycles. The first kappa shape index (κ1) is 15.0. The van der Waals surface area contributed by atoms with Gasteiger partial charge in [-0.3, -0.25) is 4.72 Å². The van der Waals surface area contributed by atoms with E-state index in [9.17, 15) is 17.6 Å². The molecule has 0 unspecified atom stereocenters. The summed E-state index contributed by atoms with van der Waals surface area (Å²) in [5, 5.41) is 8.74. The number of carboxylic acids is 1. The monoisotopic (exact) mass is 309 g/mol. The van der Waals surface area contributed by atoms with Crippen LogP contribution in [0.4, 0.5) is 10.1 Å². The molecule has 2 rings (SSSR count). The van der Waals surface area contributed by atoms with Gasteiger partial charge in [-0.25, -0.2) is 17.6 Å². The van der Waals surface area contributed by atoms with Gasteiger partial charge in [0.1, 0.15) is 10.7 Å². The fraction of sp³-hybridized carbons (Fsp3) is 0.0714. The Bertz CT molecular complexity index is 802. The van der Waals surface area contributed by atoms with Crippen molar-refractivity contribution in [1.29, 1.82) is 0 Å². The summed E-state index contributed by atoms with van der Waals surface area (Å²) in [6, 6.07) is 9.23. The van der Waals surface area contributed by atoms with Crippen molar-refractivity contribution in [3.8, 4) is 0 Å². The van der Waals surface area contributed by atoms with Crippen LogP contribution in [0, 0.1) is 12.7 Å². The summed E-state index contributed by atoms with van der Waals surface area (Å²) in [6.45, 7) is 1.79. The van der Waals surface area contributed by atoms with E-state index in [4.69, 9.17) is 5.11 Å². The molecule has 0 aliphatic rings. The molecule has 0 fully saturated rings. The number of sulfonamides is 1. The lowest BCUT2D eigenvalue weighted by Gasteiger charge is -2.09. The van der Waals surface area contributed by atoms with Gasteiger partial charge >= 0.3 is 5.97 Å². The molecule has 0 aromatic heterocycles. The van der Waals surface area contributed by atoms with E-state index in [1.807, 2.05) is 0 Å². The molecule has 2 N–H and O–H groups in total. The first-order valence-corrected chi connectivity index (χ1v) is 7.40. The normalized spacial score (nSPS) is 11.1. The molecule has 2 aromatic rings. The highest BCUT2D eigenvalue weighted by molar-refractivity contribution is 7.92. The minimum absolute atomic E-state index is 0.303. The first-order valence-electron chi connectivity index (χ1n) is 5.92. The molecule has 0 aliphatic heterocycles. The molecule has 0 aliphatic carbocycles. The topological polar surface area (TPSA) is 83.5 Å². The number of halogens is 1. The van der Waals surface area contributed by atoms with Crippen molar-refractivity contribution < 1.29 is 22.7 Å². The Kier molecular flexibility index (Phi) is 3.95. The molecule has 21 heavy (non-hydrogen) atoms. The molecule has 0 atom stereocenters. The number of carboxylic acid groups (broad SMARTS) is 1. The first-order chi connectivity index (χ1) is 9.79. The zero-order valence-corrected chi connectivity index (χ0v) is 11.8. The van der Waals surface area contributed by atoms with E-state index in [-0.39, 0.29) is 5.56 Å². The number of rotatable bonds is 4. The van der Waals surface area contributed by atoms with Crippen molar-refractivity contribution in [3.05, 3.63) is 59.4 Å². The fourth-order valence-electron chi connectivity index (χ4n) is 1.77. The summed E-state index contributed by atoms with van der Waals surface area (Å²) in [6.07, 6.45) is 0. The molecule has 7 heteroatoms. The van der Waals surface area contributed by atoms with Crippen LogP contribution in [0.5, 0.6) is 0 Å². The number of benzene rings is 2. The summed E-state index contributed by atoms with van der Waals surface area (Å²) < 4.78 is 40.3. The fourth-order valence-corrected chi connectivity index (χ4v) is 2.88. The van der Waals surface area contributed by atoms with E-state index in [0.29, 0.717) is 11.8 Å². The molecule has 0 radical (unpaired) electrons. The third-order valence-electron chi connectivity index (χ3n) is 2.74. The Morgan fingerprint density at radius 1 is 1.19 bits per heavy atom. The Balaban J connectivity index is 2.38. The average Bonchev–Trinajstić information content (AvgIpc) is 2.37. The van der Waals surface area contributed by atoms with Gasteiger partial charge in [0.05, 0.1) is 5.56 Å². The highest BCUT2D eigenvalue weighted by Gasteiger charge is 2.20. The van der Waals surface area contributed by atoms with Crippen molar-refractivity contribution >= 4 is 21.7 Å². The maximum atomic E-state index is 13.8. The van der Waals surface area contributed by atoms with E-state index in [1.54, 1.807) is 25.1 Å². The minimum Gasteiger partial charge on any atom is -0.478 e. The van der Waals surface area contributed by atoms with Gasteiger partial charge in [0.15, 0.2) is 0 Å². The summed E-state index contributed by atoms with van der Waals surface area (Å²) >= 11 is 0. The quantitative estimate of drug-likeness (QED) is 0.909. The maximum Gasteiger partial charge on any atom is 0.335 e. The van der Waals surface area contributed by atoms with E-state index >= 15 is 0 Å². The maximum absolute atomic E-state index is 13.8. The third-order valence-corrected chi connectivity index (χ3v) is 4.15. The number of anilines is 1. The lowest BCUT2D eigenvalue weighted by atomic mass is 10.2. The van der Waals surface area contributed by atoms with Gasteiger partial charge < -0.3 is 5.11 Å². The zero-order valence-electron chi connectivity index (χ0n) is 11.0. The molecule has 0 heterocycles. The predicted molar refractivity (Wildman–Crippen MR) is 75.3 cm³/mol. The lowest BCUT2D eigenvalue weighted by Crippen LogP contribution is -2.15. The number of nitrogens with one attached hydrogen (secondary N) is 1. The molecule has 0 spiro atoms. The second-order valence-electron chi connectivity index (χ2n) is 4.43. The summed E-state index contributed by atoms with van der Waals surface area (Å²) in [7, 11) is -4.12. The molecule has 110 valence electrons. The summed E-state index contributed by atoms with van der Waals surface area (Å²) in [5.74, 6) is -2.44. The highest BCUT2D eigenvalue weighted by atomic mass is 32.2. The third kappa shape index (κ3) is 3.38. The van der Waals surface area contributed by atoms with Crippen molar-refractivity contribution in [2.24, 2.45) is 0 Å². The average molecular weight is 309 g/mol. The van der Waals surface area contributed by atoms with Crippen LogP contribution in [-0.2, 0) is 10.0 Å². The largest absolute Gasteiger partial charge is 0.478 e. The van der Waals surface area contributed by atoms with Gasteiger partial charge in [-0.2, -0.15) is 0 Å². The Labute approximate surface area is 121 Å². The van der Waals surface area contributed by atoms with Crippen LogP contribution in [0.1, 0.15) is 15.9 Å². The van der Waals surface area contributed by atoms with Crippen molar-refractivity contribution in [1.82, 2.24) is 0 Å². The number of hydrogen-bond acceptors (Lipinski definition) is 3. The van der Waals surface area contributed by atoms with Gasteiger partial charge in [0, 0.05) is 5.69 Å². The summed E-state index contributed by atoms with van der Waals surface area (Å²) in [5.41, 5.74) is 0.829. The van der Waals surface area contributed by atoms with Crippen LogP contribution in [0.3, 0.4) is 0 Å². The standard InChI is InChI=1S/C14H12FNO4S/c1-9-3-2-4-11(7-9)16-21(19,20)13-6-5-10(14(17)18)8-12(13)15/h2-8,16H,1H3,(H,17,18). The second-order valence-corrected chi connectivity index (χ2v) is 6.08. The number of hydrogen-bond donors (Lipinski definition) is 2. The smallest absolute Gasteiger partial charge is 0.335 e. The van der Waals surface area contributed by atoms with Gasteiger partial charge in [-0.1, -0.05) is 12.1 Å². The van der Waals surface area contributed by atoms with E-state index in [1.165, 1.54) is 6.07 Å². The molecular weight excluding hydrogens is 297 g/mol. The van der Waals surface area contributed by atoms with Gasteiger partial charge in [-0.05, 0) is 42.8 Å². The van der Waals surface area contributed by atoms with Gasteiger partial charge in [-0.15, -0.1) is 0 Å². The molecule has 2 aromatic carbocycles. The van der Waals surface area contributed by atoms with E-state index in [0.717, 1.165) is 17.7 Å². The number of aromatic carboxylic acids is 1. The van der Waals surface area contributed by atoms with Crippen LogP contribution in [0.25, 0.3) is 0 Å². The van der Waals surface area contributed by atoms with Crippen molar-refractivity contribution in [3.63, 3.8) is 0 Å². The minimum atomic E-state index is -4.12. The van der Waals surface area contributed by atoms with Crippen LogP contribution in [-0.4, -0.2) is 19.5 Å². The van der Waals surface area contributed by atoms with Crippen LogP contribution in [0.2, 0.25) is 0 Å². The highest BCUT2D eigenvalue weighted by Crippen LogP contribution is 2.20. The molecule has 0 amide bonds.